The average Bonchev–Trinajstić information content (AvgIpc) is 2.68. The third kappa shape index (κ3) is 1.12. The van der Waals surface area contributed by atoms with E-state index in [1.807, 2.05) is 29.5 Å². The molecule has 16 heavy (non-hydrogen) atoms. The molecule has 3 rings (SSSR count). The molecule has 0 bridgehead atoms. The van der Waals surface area contributed by atoms with Gasteiger partial charge >= 0.3 is 5.97 Å². The number of nitrogens with zero attached hydrogens (tertiary/aromatic N) is 2. The molecule has 0 amide bonds. The van der Waals surface area contributed by atoms with Crippen LogP contribution in [0.5, 0.6) is 0 Å². The molecule has 0 spiro atoms. The van der Waals surface area contributed by atoms with Crippen molar-refractivity contribution in [2.75, 3.05) is 0 Å². The highest BCUT2D eigenvalue weighted by atomic mass is 32.2. The molecule has 0 fully saturated rings. The van der Waals surface area contributed by atoms with E-state index in [0.29, 0.717) is 4.91 Å². The van der Waals surface area contributed by atoms with Crippen molar-refractivity contribution < 1.29 is 9.90 Å². The Labute approximate surface area is 95.6 Å². The van der Waals surface area contributed by atoms with Gasteiger partial charge in [-0.25, -0.2) is 9.78 Å². The van der Waals surface area contributed by atoms with Crippen LogP contribution in [0, 0.1) is 0 Å². The topological polar surface area (TPSA) is 54.6 Å². The number of thioether (sulfide) groups is 1. The van der Waals surface area contributed by atoms with Gasteiger partial charge in [0, 0.05) is 0 Å². The van der Waals surface area contributed by atoms with Crippen LogP contribution < -0.4 is 0 Å². The van der Waals surface area contributed by atoms with Gasteiger partial charge in [0.25, 0.3) is 0 Å². The minimum absolute atomic E-state index is 0.375. The Bertz CT molecular complexity index is 642. The van der Waals surface area contributed by atoms with E-state index in [0.717, 1.165) is 21.9 Å². The van der Waals surface area contributed by atoms with Crippen LogP contribution in [0.2, 0.25) is 0 Å². The van der Waals surface area contributed by atoms with Crippen LogP contribution >= 0.6 is 11.8 Å². The van der Waals surface area contributed by atoms with Gasteiger partial charge in [0.05, 0.1) is 16.9 Å². The van der Waals surface area contributed by atoms with Gasteiger partial charge in [-0.3, -0.25) is 4.40 Å². The fourth-order valence-corrected chi connectivity index (χ4v) is 2.84. The van der Waals surface area contributed by atoms with Crippen molar-refractivity contribution in [2.45, 2.75) is 11.9 Å². The van der Waals surface area contributed by atoms with Gasteiger partial charge in [-0.05, 0) is 24.6 Å². The first-order valence-electron chi connectivity index (χ1n) is 4.77. The van der Waals surface area contributed by atoms with Gasteiger partial charge in [-0.1, -0.05) is 17.8 Å². The molecule has 1 aliphatic heterocycles. The third-order valence-electron chi connectivity index (χ3n) is 2.62. The van der Waals surface area contributed by atoms with Crippen LogP contribution in [0.25, 0.3) is 11.2 Å². The first kappa shape index (κ1) is 9.47. The number of rotatable bonds is 1. The second kappa shape index (κ2) is 3.12. The Kier molecular flexibility index (Phi) is 1.85. The molecule has 0 aromatic carbocycles. The summed E-state index contributed by atoms with van der Waals surface area (Å²) in [5, 5.41) is 10.0. The SMILES string of the molecule is CC1=C(C(=O)O)Sc2cccc3ncc1n23. The lowest BCUT2D eigenvalue weighted by molar-refractivity contribution is -0.131. The normalized spacial score (nSPS) is 14.6. The maximum atomic E-state index is 11.1. The molecule has 0 unspecified atom stereocenters. The number of carbonyl (C=O) groups is 1. The second-order valence-electron chi connectivity index (χ2n) is 3.56. The highest BCUT2D eigenvalue weighted by molar-refractivity contribution is 8.04. The molecule has 1 aliphatic rings. The molecular weight excluding hydrogens is 224 g/mol. The van der Waals surface area contributed by atoms with Crippen molar-refractivity contribution in [1.82, 2.24) is 9.38 Å². The highest BCUT2D eigenvalue weighted by Gasteiger charge is 2.23. The molecule has 0 saturated carbocycles. The number of carboxylic acids is 1. The number of pyridine rings is 1. The smallest absolute Gasteiger partial charge is 0.342 e. The third-order valence-corrected chi connectivity index (χ3v) is 3.83. The van der Waals surface area contributed by atoms with E-state index in [1.54, 1.807) is 6.20 Å². The minimum atomic E-state index is -0.882. The van der Waals surface area contributed by atoms with Gasteiger partial charge in [0.15, 0.2) is 0 Å². The summed E-state index contributed by atoms with van der Waals surface area (Å²) in [6.07, 6.45) is 1.72. The Hall–Kier alpha value is -1.75. The largest absolute Gasteiger partial charge is 0.477 e. The van der Waals surface area contributed by atoms with Gasteiger partial charge in [-0.15, -0.1) is 0 Å². The quantitative estimate of drug-likeness (QED) is 0.819. The van der Waals surface area contributed by atoms with Crippen molar-refractivity contribution in [2.24, 2.45) is 0 Å². The van der Waals surface area contributed by atoms with E-state index in [1.165, 1.54) is 11.8 Å². The Balaban J connectivity index is 2.38. The van der Waals surface area contributed by atoms with E-state index in [4.69, 9.17) is 5.11 Å². The molecule has 0 radical (unpaired) electrons. The molecule has 1 N–H and O–H groups in total. The summed E-state index contributed by atoms with van der Waals surface area (Å²) in [7, 11) is 0. The van der Waals surface area contributed by atoms with Crippen molar-refractivity contribution in [3.05, 3.63) is 35.0 Å². The molecule has 4 nitrogen and oxygen atoms in total. The average molecular weight is 232 g/mol. The zero-order valence-electron chi connectivity index (χ0n) is 8.47. The minimum Gasteiger partial charge on any atom is -0.477 e. The van der Waals surface area contributed by atoms with E-state index < -0.39 is 5.97 Å². The molecule has 2 aromatic rings. The fourth-order valence-electron chi connectivity index (χ4n) is 1.85. The highest BCUT2D eigenvalue weighted by Crippen LogP contribution is 2.38. The van der Waals surface area contributed by atoms with Crippen LogP contribution in [0.15, 0.2) is 34.3 Å². The number of aromatic nitrogens is 2. The number of hydrogen-bond acceptors (Lipinski definition) is 3. The summed E-state index contributed by atoms with van der Waals surface area (Å²) in [5.74, 6) is -0.882. The van der Waals surface area contributed by atoms with Gasteiger partial charge in [0.2, 0.25) is 0 Å². The van der Waals surface area contributed by atoms with Gasteiger partial charge in [-0.2, -0.15) is 0 Å². The van der Waals surface area contributed by atoms with Crippen molar-refractivity contribution in [1.29, 1.82) is 0 Å². The van der Waals surface area contributed by atoms with Crippen molar-refractivity contribution >= 4 is 29.0 Å². The number of hydrogen-bond donors (Lipinski definition) is 1. The standard InChI is InChI=1S/C11H8N2O2S/c1-6-7-5-12-8-3-2-4-9(13(7)8)16-10(6)11(14)15/h2-5H,1H3,(H,14,15). The molecule has 80 valence electrons. The van der Waals surface area contributed by atoms with E-state index in [9.17, 15) is 4.79 Å². The van der Waals surface area contributed by atoms with Gasteiger partial charge < -0.3 is 5.11 Å². The van der Waals surface area contributed by atoms with Crippen LogP contribution in [0.3, 0.4) is 0 Å². The summed E-state index contributed by atoms with van der Waals surface area (Å²) in [5.41, 5.74) is 2.48. The van der Waals surface area contributed by atoms with E-state index in [-0.39, 0.29) is 0 Å². The summed E-state index contributed by atoms with van der Waals surface area (Å²) in [4.78, 5) is 15.7. The lowest BCUT2D eigenvalue weighted by atomic mass is 10.2. The van der Waals surface area contributed by atoms with E-state index >= 15 is 0 Å². The monoisotopic (exact) mass is 232 g/mol. The number of carboxylic acid groups (broad SMARTS) is 1. The summed E-state index contributed by atoms with van der Waals surface area (Å²) < 4.78 is 1.98. The van der Waals surface area contributed by atoms with Crippen molar-refractivity contribution in [3.63, 3.8) is 0 Å². The Morgan fingerprint density at radius 3 is 3.06 bits per heavy atom. The zero-order chi connectivity index (χ0) is 11.3. The number of allylic oxidation sites excluding steroid dienone is 1. The van der Waals surface area contributed by atoms with Crippen molar-refractivity contribution in [3.8, 4) is 0 Å². The molecule has 3 heterocycles. The summed E-state index contributed by atoms with van der Waals surface area (Å²) >= 11 is 1.27. The zero-order valence-corrected chi connectivity index (χ0v) is 9.28. The summed E-state index contributed by atoms with van der Waals surface area (Å²) in [6, 6.07) is 5.69. The lowest BCUT2D eigenvalue weighted by Crippen LogP contribution is -2.07. The molecule has 5 heteroatoms. The van der Waals surface area contributed by atoms with Crippen LogP contribution in [0.1, 0.15) is 12.6 Å². The van der Waals surface area contributed by atoms with E-state index in [2.05, 4.69) is 4.98 Å². The molecule has 2 aromatic heterocycles. The Morgan fingerprint density at radius 1 is 1.50 bits per heavy atom. The molecule has 0 atom stereocenters. The van der Waals surface area contributed by atoms with Crippen LogP contribution in [0.4, 0.5) is 0 Å². The van der Waals surface area contributed by atoms with Crippen LogP contribution in [-0.4, -0.2) is 20.5 Å². The number of aliphatic carboxylic acids is 1. The summed E-state index contributed by atoms with van der Waals surface area (Å²) in [6.45, 7) is 1.82. The fraction of sp³-hybridized carbons (Fsp3) is 0.0909. The predicted octanol–water partition coefficient (Wildman–Crippen LogP) is 2.26. The maximum Gasteiger partial charge on any atom is 0.342 e. The molecular formula is C11H8N2O2S. The Morgan fingerprint density at radius 2 is 2.31 bits per heavy atom. The molecule has 0 aliphatic carbocycles. The lowest BCUT2D eigenvalue weighted by Gasteiger charge is -2.16. The second-order valence-corrected chi connectivity index (χ2v) is 4.59. The van der Waals surface area contributed by atoms with Crippen LogP contribution in [-0.2, 0) is 4.79 Å². The molecule has 0 saturated heterocycles. The number of imidazole rings is 1. The maximum absolute atomic E-state index is 11.1. The first-order chi connectivity index (χ1) is 7.68. The predicted molar refractivity (Wildman–Crippen MR) is 61.3 cm³/mol. The van der Waals surface area contributed by atoms with Gasteiger partial charge in [0.1, 0.15) is 10.6 Å². The first-order valence-corrected chi connectivity index (χ1v) is 5.59.